The van der Waals surface area contributed by atoms with E-state index in [9.17, 15) is 9.50 Å². The summed E-state index contributed by atoms with van der Waals surface area (Å²) in [6, 6.07) is 4.70. The number of H-pyrrole nitrogens is 1. The number of ether oxygens (including phenoxy) is 1. The van der Waals surface area contributed by atoms with E-state index in [-0.39, 0.29) is 13.2 Å². The van der Waals surface area contributed by atoms with Crippen LogP contribution in [0.1, 0.15) is 20.3 Å². The highest BCUT2D eigenvalue weighted by Gasteiger charge is 2.30. The number of benzene rings is 1. The van der Waals surface area contributed by atoms with Gasteiger partial charge < -0.3 is 14.8 Å². The monoisotopic (exact) mass is 331 g/mol. The average molecular weight is 331 g/mol. The number of nitrogens with zero attached hydrogens (tertiary/aromatic N) is 2. The van der Waals surface area contributed by atoms with Gasteiger partial charge in [0.1, 0.15) is 5.82 Å². The van der Waals surface area contributed by atoms with Gasteiger partial charge >= 0.3 is 0 Å². The molecular weight excluding hydrogens is 309 g/mol. The first-order valence-electron chi connectivity index (χ1n) is 7.73. The molecule has 3 aromatic rings. The second-order valence-electron chi connectivity index (χ2n) is 6.16. The largest absolute Gasteiger partial charge is 0.388 e. The SMILES string of the molecule is C.OC1(Cn2cc(-c3c[nH]c4cc(F)ccc34)cn2)CCOCC1. The number of rotatable bonds is 3. The Kier molecular flexibility index (Phi) is 4.43. The Labute approximate surface area is 140 Å². The molecule has 2 aromatic heterocycles. The summed E-state index contributed by atoms with van der Waals surface area (Å²) in [6.07, 6.45) is 6.78. The molecular formula is C18H22FN3O2. The average Bonchev–Trinajstić information content (AvgIpc) is 3.13. The van der Waals surface area contributed by atoms with Crippen LogP contribution >= 0.6 is 0 Å². The molecule has 1 fully saturated rings. The molecule has 6 heteroatoms. The third-order valence-corrected chi connectivity index (χ3v) is 4.47. The Morgan fingerprint density at radius 3 is 2.92 bits per heavy atom. The van der Waals surface area contributed by atoms with Crippen molar-refractivity contribution in [2.75, 3.05) is 13.2 Å². The van der Waals surface area contributed by atoms with Crippen LogP contribution in [0.15, 0.2) is 36.8 Å². The van der Waals surface area contributed by atoms with Crippen LogP contribution in [-0.2, 0) is 11.3 Å². The first-order chi connectivity index (χ1) is 11.1. The third kappa shape index (κ3) is 3.07. The zero-order valence-electron chi connectivity index (χ0n) is 12.6. The summed E-state index contributed by atoms with van der Waals surface area (Å²) in [7, 11) is 0. The minimum Gasteiger partial charge on any atom is -0.388 e. The Bertz CT molecular complexity index is 834. The summed E-state index contributed by atoms with van der Waals surface area (Å²) in [5.74, 6) is -0.261. The molecule has 1 aliphatic heterocycles. The summed E-state index contributed by atoms with van der Waals surface area (Å²) in [5, 5.41) is 15.9. The highest BCUT2D eigenvalue weighted by molar-refractivity contribution is 5.95. The molecule has 4 rings (SSSR count). The predicted octanol–water partition coefficient (Wildman–Crippen LogP) is 3.35. The quantitative estimate of drug-likeness (QED) is 0.774. The van der Waals surface area contributed by atoms with E-state index in [1.807, 2.05) is 12.4 Å². The van der Waals surface area contributed by atoms with Crippen LogP contribution in [-0.4, -0.2) is 38.7 Å². The van der Waals surface area contributed by atoms with Gasteiger partial charge in [0.2, 0.25) is 0 Å². The van der Waals surface area contributed by atoms with Gasteiger partial charge in [-0.1, -0.05) is 7.43 Å². The maximum Gasteiger partial charge on any atom is 0.125 e. The van der Waals surface area contributed by atoms with Gasteiger partial charge in [-0.15, -0.1) is 0 Å². The standard InChI is InChI=1S/C17H18FN3O2.CH4/c18-13-1-2-14-15(9-19-16(14)7-13)12-8-20-21(10-12)11-17(22)3-5-23-6-4-17;/h1-2,7-10,19,22H,3-6,11H2;1H4. The molecule has 3 heterocycles. The Hall–Kier alpha value is -2.18. The van der Waals surface area contributed by atoms with E-state index in [1.165, 1.54) is 12.1 Å². The normalized spacial score (nSPS) is 16.9. The maximum absolute atomic E-state index is 13.3. The summed E-state index contributed by atoms with van der Waals surface area (Å²) in [5.41, 5.74) is 1.92. The molecule has 0 aliphatic carbocycles. The highest BCUT2D eigenvalue weighted by Crippen LogP contribution is 2.29. The number of aromatic amines is 1. The van der Waals surface area contributed by atoms with Crippen LogP contribution in [0.2, 0.25) is 0 Å². The van der Waals surface area contributed by atoms with Crippen molar-refractivity contribution in [3.05, 3.63) is 42.6 Å². The topological polar surface area (TPSA) is 63.1 Å². The molecule has 0 bridgehead atoms. The fraction of sp³-hybridized carbons (Fsp3) is 0.389. The first-order valence-corrected chi connectivity index (χ1v) is 7.73. The molecule has 5 nitrogen and oxygen atoms in total. The summed E-state index contributed by atoms with van der Waals surface area (Å²) >= 11 is 0. The smallest absolute Gasteiger partial charge is 0.125 e. The maximum atomic E-state index is 13.3. The Balaban J connectivity index is 0.00000169. The van der Waals surface area contributed by atoms with E-state index >= 15 is 0 Å². The molecule has 1 saturated heterocycles. The first kappa shape index (κ1) is 16.7. The lowest BCUT2D eigenvalue weighted by molar-refractivity contribution is -0.0744. The van der Waals surface area contributed by atoms with Crippen molar-refractivity contribution < 1.29 is 14.2 Å². The molecule has 2 N–H and O–H groups in total. The molecule has 0 atom stereocenters. The van der Waals surface area contributed by atoms with Gasteiger partial charge in [-0.2, -0.15) is 5.10 Å². The van der Waals surface area contributed by atoms with E-state index in [2.05, 4.69) is 10.1 Å². The highest BCUT2D eigenvalue weighted by atomic mass is 19.1. The van der Waals surface area contributed by atoms with Gasteiger partial charge in [-0.25, -0.2) is 4.39 Å². The molecule has 1 aromatic carbocycles. The fourth-order valence-corrected chi connectivity index (χ4v) is 3.14. The number of hydrogen-bond acceptors (Lipinski definition) is 3. The van der Waals surface area contributed by atoms with Crippen LogP contribution < -0.4 is 0 Å². The lowest BCUT2D eigenvalue weighted by Crippen LogP contribution is -2.40. The van der Waals surface area contributed by atoms with Crippen LogP contribution in [0, 0.1) is 5.82 Å². The van der Waals surface area contributed by atoms with Crippen molar-refractivity contribution in [2.45, 2.75) is 32.4 Å². The van der Waals surface area contributed by atoms with Crippen molar-refractivity contribution in [1.82, 2.24) is 14.8 Å². The lowest BCUT2D eigenvalue weighted by atomic mass is 9.94. The third-order valence-electron chi connectivity index (χ3n) is 4.47. The molecule has 0 unspecified atom stereocenters. The number of nitrogens with one attached hydrogen (secondary N) is 1. The number of hydrogen-bond donors (Lipinski definition) is 2. The van der Waals surface area contributed by atoms with Crippen LogP contribution in [0.5, 0.6) is 0 Å². The van der Waals surface area contributed by atoms with Gasteiger partial charge in [-0.3, -0.25) is 4.68 Å². The zero-order chi connectivity index (χ0) is 15.9. The van der Waals surface area contributed by atoms with E-state index in [0.29, 0.717) is 32.6 Å². The van der Waals surface area contributed by atoms with Gasteiger partial charge in [0, 0.05) is 60.5 Å². The molecule has 0 radical (unpaired) electrons. The summed E-state index contributed by atoms with van der Waals surface area (Å²) in [4.78, 5) is 3.08. The molecule has 24 heavy (non-hydrogen) atoms. The van der Waals surface area contributed by atoms with Crippen molar-refractivity contribution in [3.8, 4) is 11.1 Å². The minimum atomic E-state index is -0.759. The Morgan fingerprint density at radius 2 is 2.12 bits per heavy atom. The Morgan fingerprint density at radius 1 is 1.33 bits per heavy atom. The summed E-state index contributed by atoms with van der Waals surface area (Å²) in [6.45, 7) is 1.62. The van der Waals surface area contributed by atoms with Crippen molar-refractivity contribution in [3.63, 3.8) is 0 Å². The fourth-order valence-electron chi connectivity index (χ4n) is 3.14. The molecule has 128 valence electrons. The van der Waals surface area contributed by atoms with Crippen LogP contribution in [0.4, 0.5) is 4.39 Å². The molecule has 0 spiro atoms. The van der Waals surface area contributed by atoms with E-state index in [1.54, 1.807) is 16.9 Å². The predicted molar refractivity (Wildman–Crippen MR) is 91.2 cm³/mol. The van der Waals surface area contributed by atoms with Crippen molar-refractivity contribution in [2.24, 2.45) is 0 Å². The molecule has 1 aliphatic rings. The number of halogens is 1. The van der Waals surface area contributed by atoms with Crippen molar-refractivity contribution >= 4 is 10.9 Å². The number of aliphatic hydroxyl groups is 1. The minimum absolute atomic E-state index is 0. The van der Waals surface area contributed by atoms with Crippen molar-refractivity contribution in [1.29, 1.82) is 0 Å². The van der Waals surface area contributed by atoms with Gasteiger partial charge in [0.25, 0.3) is 0 Å². The number of fused-ring (bicyclic) bond motifs is 1. The summed E-state index contributed by atoms with van der Waals surface area (Å²) < 4.78 is 20.3. The van der Waals surface area contributed by atoms with E-state index in [0.717, 1.165) is 22.0 Å². The second kappa shape index (κ2) is 6.37. The van der Waals surface area contributed by atoms with E-state index in [4.69, 9.17) is 4.74 Å². The lowest BCUT2D eigenvalue weighted by Gasteiger charge is -2.31. The van der Waals surface area contributed by atoms with Gasteiger partial charge in [0.05, 0.1) is 18.3 Å². The van der Waals surface area contributed by atoms with Crippen LogP contribution in [0.3, 0.4) is 0 Å². The van der Waals surface area contributed by atoms with Gasteiger partial charge in [-0.05, 0) is 18.2 Å². The second-order valence-corrected chi connectivity index (χ2v) is 6.16. The number of aromatic nitrogens is 3. The van der Waals surface area contributed by atoms with Gasteiger partial charge in [0.15, 0.2) is 0 Å². The molecule has 0 saturated carbocycles. The molecule has 0 amide bonds. The van der Waals surface area contributed by atoms with E-state index < -0.39 is 5.60 Å². The zero-order valence-corrected chi connectivity index (χ0v) is 12.6. The van der Waals surface area contributed by atoms with Crippen LogP contribution in [0.25, 0.3) is 22.0 Å².